The summed E-state index contributed by atoms with van der Waals surface area (Å²) in [6.07, 6.45) is 2.39. The largest absolute Gasteiger partial charge is 0.231 e. The molecule has 2 heterocycles. The van der Waals surface area contributed by atoms with E-state index < -0.39 is 0 Å². The average Bonchev–Trinajstić information content (AvgIpc) is 3.05. The maximum absolute atomic E-state index is 6.14. The molecule has 0 aliphatic heterocycles. The first-order chi connectivity index (χ1) is 8.15. The number of thiophene rings is 1. The number of hydrogen-bond acceptors (Lipinski definition) is 3. The van der Waals surface area contributed by atoms with Gasteiger partial charge in [0, 0.05) is 5.92 Å². The Hall–Kier alpha value is 0.0300. The fourth-order valence-electron chi connectivity index (χ4n) is 1.61. The molecule has 17 heavy (non-hydrogen) atoms. The second-order valence-electron chi connectivity index (χ2n) is 3.92. The Morgan fingerprint density at radius 3 is 2.59 bits per heavy atom. The molecule has 1 aliphatic carbocycles. The quantitative estimate of drug-likeness (QED) is 0.649. The van der Waals surface area contributed by atoms with Gasteiger partial charge in [0.1, 0.15) is 5.15 Å². The summed E-state index contributed by atoms with van der Waals surface area (Å²) in [6.45, 7) is 0. The topological polar surface area (TPSA) is 25.8 Å². The lowest BCUT2D eigenvalue weighted by Gasteiger charge is -2.05. The molecule has 0 spiro atoms. The fourth-order valence-corrected chi connectivity index (χ4v) is 3.61. The highest BCUT2D eigenvalue weighted by Crippen LogP contribution is 2.44. The monoisotopic (exact) mass is 392 g/mol. The van der Waals surface area contributed by atoms with E-state index in [4.69, 9.17) is 11.6 Å². The molecule has 1 saturated carbocycles. The summed E-state index contributed by atoms with van der Waals surface area (Å²) in [6, 6.07) is 4.00. The van der Waals surface area contributed by atoms with Crippen LogP contribution in [0, 0.1) is 0 Å². The van der Waals surface area contributed by atoms with Crippen LogP contribution in [0.4, 0.5) is 0 Å². The Kier molecular flexibility index (Phi) is 3.28. The predicted octanol–water partition coefficient (Wildman–Crippen LogP) is 5.26. The van der Waals surface area contributed by atoms with Gasteiger partial charge in [-0.2, -0.15) is 0 Å². The van der Waals surface area contributed by atoms with Crippen molar-refractivity contribution in [3.05, 3.63) is 31.2 Å². The van der Waals surface area contributed by atoms with Gasteiger partial charge in [0.15, 0.2) is 5.82 Å². The van der Waals surface area contributed by atoms with E-state index in [-0.39, 0.29) is 0 Å². The first kappa shape index (κ1) is 12.1. The highest BCUT2D eigenvalue weighted by Gasteiger charge is 2.29. The summed E-state index contributed by atoms with van der Waals surface area (Å²) < 4.78 is 1.92. The van der Waals surface area contributed by atoms with Crippen LogP contribution >= 0.6 is 54.8 Å². The van der Waals surface area contributed by atoms with Crippen molar-refractivity contribution in [2.24, 2.45) is 0 Å². The van der Waals surface area contributed by atoms with Crippen LogP contribution in [-0.4, -0.2) is 9.97 Å². The Bertz CT molecular complexity index is 581. The van der Waals surface area contributed by atoms with Gasteiger partial charge in [-0.1, -0.05) is 11.6 Å². The van der Waals surface area contributed by atoms with Crippen molar-refractivity contribution >= 4 is 54.8 Å². The molecule has 0 N–H and O–H groups in total. The number of halogens is 3. The third-order valence-electron chi connectivity index (χ3n) is 2.59. The Balaban J connectivity index is 2.11. The predicted molar refractivity (Wildman–Crippen MR) is 77.7 cm³/mol. The molecule has 0 amide bonds. The molecule has 2 aromatic rings. The maximum Gasteiger partial charge on any atom is 0.171 e. The van der Waals surface area contributed by atoms with Crippen molar-refractivity contribution in [1.29, 1.82) is 0 Å². The summed E-state index contributed by atoms with van der Waals surface area (Å²) in [5, 5.41) is 0.501. The van der Waals surface area contributed by atoms with Gasteiger partial charge in [0.2, 0.25) is 0 Å². The number of aromatic nitrogens is 2. The smallest absolute Gasteiger partial charge is 0.171 e. The minimum atomic E-state index is 0.501. The summed E-state index contributed by atoms with van der Waals surface area (Å²) >= 11 is 14.7. The van der Waals surface area contributed by atoms with Crippen LogP contribution in [0.25, 0.3) is 10.7 Å². The van der Waals surface area contributed by atoms with Crippen molar-refractivity contribution in [2.75, 3.05) is 0 Å². The molecule has 1 fully saturated rings. The van der Waals surface area contributed by atoms with Crippen LogP contribution in [0.5, 0.6) is 0 Å². The summed E-state index contributed by atoms with van der Waals surface area (Å²) in [4.78, 5) is 9.99. The lowest BCUT2D eigenvalue weighted by molar-refractivity contribution is 0.982. The van der Waals surface area contributed by atoms with E-state index in [0.717, 1.165) is 24.7 Å². The molecule has 0 unspecified atom stereocenters. The van der Waals surface area contributed by atoms with Gasteiger partial charge in [-0.15, -0.1) is 11.3 Å². The van der Waals surface area contributed by atoms with E-state index in [9.17, 15) is 0 Å². The summed E-state index contributed by atoms with van der Waals surface area (Å²) in [7, 11) is 0. The first-order valence-electron chi connectivity index (χ1n) is 5.14. The van der Waals surface area contributed by atoms with Crippen LogP contribution < -0.4 is 0 Å². The van der Waals surface area contributed by atoms with Crippen molar-refractivity contribution in [2.45, 2.75) is 18.8 Å². The summed E-state index contributed by atoms with van der Waals surface area (Å²) in [5.41, 5.74) is 1.05. The lowest BCUT2D eigenvalue weighted by atomic mass is 10.3. The van der Waals surface area contributed by atoms with Gasteiger partial charge in [-0.05, 0) is 56.8 Å². The molecule has 1 aliphatic rings. The fraction of sp³-hybridized carbons (Fsp3) is 0.273. The van der Waals surface area contributed by atoms with Crippen molar-refractivity contribution < 1.29 is 0 Å². The SMILES string of the molecule is Clc1nc(-c2ccc(Br)s2)nc(C2CC2)c1Br. The van der Waals surface area contributed by atoms with Crippen LogP contribution in [0.2, 0.25) is 5.15 Å². The Labute approximate surface area is 125 Å². The van der Waals surface area contributed by atoms with Crippen LogP contribution in [-0.2, 0) is 0 Å². The molecule has 0 atom stereocenters. The first-order valence-corrected chi connectivity index (χ1v) is 7.92. The van der Waals surface area contributed by atoms with E-state index in [2.05, 4.69) is 41.8 Å². The molecular weight excluding hydrogens is 387 g/mol. The van der Waals surface area contributed by atoms with E-state index in [0.29, 0.717) is 11.1 Å². The van der Waals surface area contributed by atoms with Gasteiger partial charge < -0.3 is 0 Å². The van der Waals surface area contributed by atoms with E-state index in [1.807, 2.05) is 12.1 Å². The number of hydrogen-bond donors (Lipinski definition) is 0. The van der Waals surface area contributed by atoms with E-state index in [1.165, 1.54) is 12.8 Å². The Morgan fingerprint density at radius 1 is 1.24 bits per heavy atom. The van der Waals surface area contributed by atoms with Crippen LogP contribution in [0.3, 0.4) is 0 Å². The second kappa shape index (κ2) is 4.61. The van der Waals surface area contributed by atoms with Gasteiger partial charge in [0.25, 0.3) is 0 Å². The molecule has 3 rings (SSSR count). The second-order valence-corrected chi connectivity index (χ2v) is 7.53. The third kappa shape index (κ3) is 2.43. The zero-order chi connectivity index (χ0) is 12.0. The minimum absolute atomic E-state index is 0.501. The molecule has 6 heteroatoms. The molecular formula is C11H7Br2ClN2S. The van der Waals surface area contributed by atoms with Crippen molar-refractivity contribution in [1.82, 2.24) is 9.97 Å². The average molecular weight is 395 g/mol. The molecule has 0 aromatic carbocycles. The van der Waals surface area contributed by atoms with Crippen LogP contribution in [0.15, 0.2) is 20.4 Å². The lowest BCUT2D eigenvalue weighted by Crippen LogP contribution is -1.96. The normalized spacial score (nSPS) is 15.2. The molecule has 2 aromatic heterocycles. The molecule has 2 nitrogen and oxygen atoms in total. The van der Waals surface area contributed by atoms with Gasteiger partial charge in [-0.25, -0.2) is 9.97 Å². The molecule has 0 radical (unpaired) electrons. The third-order valence-corrected chi connectivity index (χ3v) is 5.50. The highest BCUT2D eigenvalue weighted by atomic mass is 79.9. The summed E-state index contributed by atoms with van der Waals surface area (Å²) in [5.74, 6) is 1.27. The molecule has 88 valence electrons. The van der Waals surface area contributed by atoms with Gasteiger partial charge in [0.05, 0.1) is 18.8 Å². The van der Waals surface area contributed by atoms with Crippen molar-refractivity contribution in [3.8, 4) is 10.7 Å². The number of nitrogens with zero attached hydrogens (tertiary/aromatic N) is 2. The van der Waals surface area contributed by atoms with E-state index in [1.54, 1.807) is 11.3 Å². The zero-order valence-corrected chi connectivity index (χ0v) is 13.3. The molecule has 0 saturated heterocycles. The zero-order valence-electron chi connectivity index (χ0n) is 8.58. The maximum atomic E-state index is 6.14. The van der Waals surface area contributed by atoms with Gasteiger partial charge >= 0.3 is 0 Å². The minimum Gasteiger partial charge on any atom is -0.231 e. The highest BCUT2D eigenvalue weighted by molar-refractivity contribution is 9.11. The number of rotatable bonds is 2. The van der Waals surface area contributed by atoms with Crippen LogP contribution in [0.1, 0.15) is 24.5 Å². The van der Waals surface area contributed by atoms with E-state index >= 15 is 0 Å². The van der Waals surface area contributed by atoms with Crippen molar-refractivity contribution in [3.63, 3.8) is 0 Å². The Morgan fingerprint density at radius 2 is 2.00 bits per heavy atom. The molecule has 0 bridgehead atoms. The van der Waals surface area contributed by atoms with Gasteiger partial charge in [-0.3, -0.25) is 0 Å². The standard InChI is InChI=1S/C11H7Br2ClN2S/c12-7-4-3-6(17-7)11-15-9(5-1-2-5)8(13)10(14)16-11/h3-5H,1-2H2.